The molecule has 0 radical (unpaired) electrons. The molecule has 4 heterocycles. The number of oxazole rings is 1. The first kappa shape index (κ1) is 16.0. The van der Waals surface area contributed by atoms with Crippen LogP contribution in [0.25, 0.3) is 11.1 Å². The Labute approximate surface area is 156 Å². The summed E-state index contributed by atoms with van der Waals surface area (Å²) in [6, 6.07) is 10.5. The van der Waals surface area contributed by atoms with Crippen molar-refractivity contribution in [2.24, 2.45) is 7.05 Å². The van der Waals surface area contributed by atoms with Crippen LogP contribution in [0.5, 0.6) is 0 Å². The van der Waals surface area contributed by atoms with E-state index in [0.717, 1.165) is 48.7 Å². The fourth-order valence-electron chi connectivity index (χ4n) is 3.76. The highest BCUT2D eigenvalue weighted by Gasteiger charge is 2.28. The van der Waals surface area contributed by atoms with E-state index in [9.17, 15) is 0 Å². The zero-order valence-corrected chi connectivity index (χ0v) is 15.2. The molecule has 0 N–H and O–H groups in total. The molecule has 27 heavy (non-hydrogen) atoms. The van der Waals surface area contributed by atoms with Gasteiger partial charge in [-0.25, -0.2) is 0 Å². The van der Waals surface area contributed by atoms with E-state index in [1.165, 1.54) is 0 Å². The Bertz CT molecular complexity index is 1020. The van der Waals surface area contributed by atoms with Crippen molar-refractivity contribution in [3.63, 3.8) is 0 Å². The third kappa shape index (κ3) is 2.97. The average molecular weight is 363 g/mol. The van der Waals surface area contributed by atoms with E-state index in [1.807, 2.05) is 48.3 Å². The second kappa shape index (κ2) is 6.53. The second-order valence-electron chi connectivity index (χ2n) is 6.99. The molecule has 1 aromatic carbocycles. The maximum Gasteiger partial charge on any atom is 0.298 e. The predicted octanol–water partition coefficient (Wildman–Crippen LogP) is 2.59. The number of piperidine rings is 1. The zero-order valence-electron chi connectivity index (χ0n) is 15.2. The highest BCUT2D eigenvalue weighted by atomic mass is 16.4. The molecule has 0 saturated carbocycles. The van der Waals surface area contributed by atoms with Crippen LogP contribution in [-0.2, 0) is 13.6 Å². The predicted molar refractivity (Wildman–Crippen MR) is 101 cm³/mol. The Hall–Kier alpha value is -3.16. The van der Waals surface area contributed by atoms with Crippen molar-refractivity contribution in [1.82, 2.24) is 29.5 Å². The van der Waals surface area contributed by atoms with Gasteiger partial charge < -0.3 is 13.9 Å². The number of hydrogen-bond acceptors (Lipinski definition) is 6. The van der Waals surface area contributed by atoms with Crippen molar-refractivity contribution in [3.8, 4) is 0 Å². The highest BCUT2D eigenvalue weighted by molar-refractivity contribution is 5.74. The number of benzene rings is 1. The minimum absolute atomic E-state index is 0.303. The molecule has 0 bridgehead atoms. The minimum atomic E-state index is 0.303. The molecule has 8 nitrogen and oxygen atoms in total. The smallest absolute Gasteiger partial charge is 0.298 e. The Kier molecular flexibility index (Phi) is 3.88. The standard InChI is InChI=1S/C19H21N7O/c1-24-17(13-26-11-5-9-20-26)22-23-18(24)14-6-4-10-25(12-14)19-21-15-7-2-3-8-16(15)27-19/h2-3,5,7-9,11,14H,4,6,10,12-13H2,1H3/t14-/m1/s1. The topological polar surface area (TPSA) is 77.8 Å². The largest absolute Gasteiger partial charge is 0.423 e. The summed E-state index contributed by atoms with van der Waals surface area (Å²) in [6.45, 7) is 2.40. The summed E-state index contributed by atoms with van der Waals surface area (Å²) in [7, 11) is 2.03. The van der Waals surface area contributed by atoms with Gasteiger partial charge in [0.15, 0.2) is 11.4 Å². The van der Waals surface area contributed by atoms with Gasteiger partial charge in [0.05, 0.1) is 0 Å². The molecule has 0 spiro atoms. The molecule has 1 aliphatic rings. The van der Waals surface area contributed by atoms with Crippen LogP contribution in [0.1, 0.15) is 30.4 Å². The van der Waals surface area contributed by atoms with Gasteiger partial charge in [0, 0.05) is 38.4 Å². The molecule has 1 fully saturated rings. The molecule has 5 rings (SSSR count). The van der Waals surface area contributed by atoms with Crippen molar-refractivity contribution >= 4 is 17.1 Å². The Morgan fingerprint density at radius 2 is 2.11 bits per heavy atom. The van der Waals surface area contributed by atoms with Gasteiger partial charge in [0.1, 0.15) is 17.9 Å². The fourth-order valence-corrected chi connectivity index (χ4v) is 3.76. The summed E-state index contributed by atoms with van der Waals surface area (Å²) in [6.07, 6.45) is 5.87. The van der Waals surface area contributed by atoms with Crippen LogP contribution in [-0.4, -0.2) is 42.6 Å². The molecule has 4 aromatic rings. The quantitative estimate of drug-likeness (QED) is 0.555. The SMILES string of the molecule is Cn1c(Cn2cccn2)nnc1[C@@H]1CCCN(c2nc3ccccc3o2)C1. The van der Waals surface area contributed by atoms with Crippen LogP contribution < -0.4 is 4.90 Å². The Balaban J connectivity index is 1.37. The molecule has 0 aliphatic carbocycles. The lowest BCUT2D eigenvalue weighted by molar-refractivity contribution is 0.448. The third-order valence-corrected chi connectivity index (χ3v) is 5.20. The maximum atomic E-state index is 5.96. The normalized spacial score (nSPS) is 17.7. The first-order valence-electron chi connectivity index (χ1n) is 9.24. The molecule has 0 unspecified atom stereocenters. The Morgan fingerprint density at radius 3 is 2.96 bits per heavy atom. The summed E-state index contributed by atoms with van der Waals surface area (Å²) in [5.41, 5.74) is 1.73. The molecular formula is C19H21N7O. The zero-order chi connectivity index (χ0) is 18.2. The van der Waals surface area contributed by atoms with E-state index in [1.54, 1.807) is 6.20 Å². The lowest BCUT2D eigenvalue weighted by atomic mass is 9.97. The number of hydrogen-bond donors (Lipinski definition) is 0. The van der Waals surface area contributed by atoms with E-state index in [2.05, 4.69) is 29.7 Å². The van der Waals surface area contributed by atoms with Gasteiger partial charge in [0.25, 0.3) is 6.01 Å². The van der Waals surface area contributed by atoms with Crippen LogP contribution in [0.15, 0.2) is 47.1 Å². The first-order chi connectivity index (χ1) is 13.3. The average Bonchev–Trinajstić information content (AvgIpc) is 3.43. The third-order valence-electron chi connectivity index (χ3n) is 5.20. The molecule has 0 amide bonds. The van der Waals surface area contributed by atoms with Gasteiger partial charge in [-0.3, -0.25) is 4.68 Å². The van der Waals surface area contributed by atoms with Crippen molar-refractivity contribution < 1.29 is 4.42 Å². The summed E-state index contributed by atoms with van der Waals surface area (Å²) in [5, 5.41) is 13.1. The number of nitrogens with zero attached hydrogens (tertiary/aromatic N) is 7. The van der Waals surface area contributed by atoms with Crippen molar-refractivity contribution in [2.45, 2.75) is 25.3 Å². The van der Waals surface area contributed by atoms with Gasteiger partial charge in [0.2, 0.25) is 0 Å². The van der Waals surface area contributed by atoms with Gasteiger partial charge in [-0.1, -0.05) is 12.1 Å². The van der Waals surface area contributed by atoms with Gasteiger partial charge in [-0.05, 0) is 31.0 Å². The molecule has 1 saturated heterocycles. The van der Waals surface area contributed by atoms with E-state index in [-0.39, 0.29) is 0 Å². The number of fused-ring (bicyclic) bond motifs is 1. The molecule has 3 aromatic heterocycles. The van der Waals surface area contributed by atoms with Crippen LogP contribution in [0.3, 0.4) is 0 Å². The lowest BCUT2D eigenvalue weighted by Crippen LogP contribution is -2.35. The van der Waals surface area contributed by atoms with Crippen LogP contribution in [0.2, 0.25) is 0 Å². The van der Waals surface area contributed by atoms with Crippen LogP contribution in [0.4, 0.5) is 6.01 Å². The fraction of sp³-hybridized carbons (Fsp3) is 0.368. The Morgan fingerprint density at radius 1 is 1.19 bits per heavy atom. The number of rotatable bonds is 4. The maximum absolute atomic E-state index is 5.96. The monoisotopic (exact) mass is 363 g/mol. The van der Waals surface area contributed by atoms with Crippen LogP contribution in [0, 0.1) is 0 Å². The highest BCUT2D eigenvalue weighted by Crippen LogP contribution is 2.30. The van der Waals surface area contributed by atoms with Gasteiger partial charge >= 0.3 is 0 Å². The minimum Gasteiger partial charge on any atom is -0.423 e. The van der Waals surface area contributed by atoms with E-state index in [0.29, 0.717) is 18.5 Å². The van der Waals surface area contributed by atoms with E-state index >= 15 is 0 Å². The van der Waals surface area contributed by atoms with Crippen molar-refractivity contribution in [1.29, 1.82) is 0 Å². The first-order valence-corrected chi connectivity index (χ1v) is 9.24. The van der Waals surface area contributed by atoms with E-state index in [4.69, 9.17) is 4.42 Å². The van der Waals surface area contributed by atoms with Crippen LogP contribution >= 0.6 is 0 Å². The van der Waals surface area contributed by atoms with Crippen molar-refractivity contribution in [2.75, 3.05) is 18.0 Å². The van der Waals surface area contributed by atoms with Crippen molar-refractivity contribution in [3.05, 3.63) is 54.4 Å². The lowest BCUT2D eigenvalue weighted by Gasteiger charge is -2.31. The number of aromatic nitrogens is 6. The molecule has 138 valence electrons. The van der Waals surface area contributed by atoms with E-state index < -0.39 is 0 Å². The summed E-state index contributed by atoms with van der Waals surface area (Å²) in [4.78, 5) is 6.87. The molecule has 1 atom stereocenters. The summed E-state index contributed by atoms with van der Waals surface area (Å²) in [5.74, 6) is 2.23. The second-order valence-corrected chi connectivity index (χ2v) is 6.99. The number of anilines is 1. The van der Waals surface area contributed by atoms with Gasteiger partial charge in [-0.15, -0.1) is 10.2 Å². The summed E-state index contributed by atoms with van der Waals surface area (Å²) >= 11 is 0. The van der Waals surface area contributed by atoms with Gasteiger partial charge in [-0.2, -0.15) is 10.1 Å². The molecular weight excluding hydrogens is 342 g/mol. The molecule has 8 heteroatoms. The molecule has 1 aliphatic heterocycles. The summed E-state index contributed by atoms with van der Waals surface area (Å²) < 4.78 is 9.92. The number of para-hydroxylation sites is 2.